The van der Waals surface area contributed by atoms with Gasteiger partial charge in [0.2, 0.25) is 0 Å². The zero-order chi connectivity index (χ0) is 13.9. The van der Waals surface area contributed by atoms with E-state index >= 15 is 0 Å². The molecule has 3 heteroatoms. The summed E-state index contributed by atoms with van der Waals surface area (Å²) >= 11 is 3.61. The number of hydrogen-bond donors (Lipinski definition) is 1. The fraction of sp³-hybridized carbons (Fsp3) is 0.562. The second-order valence-corrected chi connectivity index (χ2v) is 6.40. The number of halogens is 1. The molecule has 0 aromatic heterocycles. The maximum absolute atomic E-state index is 12.3. The first-order valence-corrected chi connectivity index (χ1v) is 8.10. The van der Waals surface area contributed by atoms with Gasteiger partial charge in [-0.3, -0.25) is 4.79 Å². The van der Waals surface area contributed by atoms with Crippen molar-refractivity contribution in [3.05, 3.63) is 34.9 Å². The number of amides is 1. The number of benzene rings is 1. The highest BCUT2D eigenvalue weighted by atomic mass is 79.9. The summed E-state index contributed by atoms with van der Waals surface area (Å²) in [5, 5.41) is 4.10. The lowest BCUT2D eigenvalue weighted by molar-refractivity contribution is 0.0935. The van der Waals surface area contributed by atoms with Gasteiger partial charge in [0.15, 0.2) is 0 Å². The molecule has 2 rings (SSSR count). The Morgan fingerprint density at radius 3 is 2.58 bits per heavy atom. The van der Waals surface area contributed by atoms with Crippen molar-refractivity contribution in [3.63, 3.8) is 0 Å². The molecule has 0 heterocycles. The molecule has 1 saturated carbocycles. The Bertz CT molecular complexity index is 464. The predicted molar refractivity (Wildman–Crippen MR) is 82.9 cm³/mol. The van der Waals surface area contributed by atoms with E-state index in [1.807, 2.05) is 26.0 Å². The van der Waals surface area contributed by atoms with Crippen molar-refractivity contribution in [1.29, 1.82) is 0 Å². The van der Waals surface area contributed by atoms with Gasteiger partial charge >= 0.3 is 0 Å². The van der Waals surface area contributed by atoms with E-state index in [-0.39, 0.29) is 11.3 Å². The van der Waals surface area contributed by atoms with Crippen molar-refractivity contribution in [3.8, 4) is 0 Å². The van der Waals surface area contributed by atoms with E-state index in [2.05, 4.69) is 27.3 Å². The molecule has 0 saturated heterocycles. The van der Waals surface area contributed by atoms with Gasteiger partial charge in [-0.2, -0.15) is 0 Å². The first-order valence-electron chi connectivity index (χ1n) is 6.98. The quantitative estimate of drug-likeness (QED) is 0.834. The van der Waals surface area contributed by atoms with Crippen LogP contribution in [0.4, 0.5) is 0 Å². The van der Waals surface area contributed by atoms with Crippen LogP contribution in [0.15, 0.2) is 18.2 Å². The molecule has 2 nitrogen and oxygen atoms in total. The van der Waals surface area contributed by atoms with Gasteiger partial charge in [-0.15, -0.1) is 0 Å². The third-order valence-corrected chi connectivity index (χ3v) is 5.39. The van der Waals surface area contributed by atoms with Gasteiger partial charge in [-0.05, 0) is 43.7 Å². The molecule has 1 amide bonds. The molecule has 0 atom stereocenters. The molecule has 0 aliphatic heterocycles. The van der Waals surface area contributed by atoms with Crippen molar-refractivity contribution in [2.45, 2.75) is 39.5 Å². The highest BCUT2D eigenvalue weighted by molar-refractivity contribution is 9.09. The van der Waals surface area contributed by atoms with Gasteiger partial charge in [0.05, 0.1) is 0 Å². The van der Waals surface area contributed by atoms with Gasteiger partial charge in [0.25, 0.3) is 5.91 Å². The lowest BCUT2D eigenvalue weighted by atomic mass is 9.88. The number of carbonyl (C=O) groups excluding carboxylic acids is 1. The molecule has 0 spiro atoms. The maximum atomic E-state index is 12.3. The fourth-order valence-corrected chi connectivity index (χ4v) is 3.67. The summed E-state index contributed by atoms with van der Waals surface area (Å²) < 4.78 is 0. The lowest BCUT2D eigenvalue weighted by Crippen LogP contribution is -2.37. The molecule has 1 aromatic carbocycles. The van der Waals surface area contributed by atoms with Crippen LogP contribution in [0, 0.1) is 19.3 Å². The average molecular weight is 324 g/mol. The van der Waals surface area contributed by atoms with E-state index in [9.17, 15) is 4.79 Å². The van der Waals surface area contributed by atoms with Crippen molar-refractivity contribution in [1.82, 2.24) is 5.32 Å². The van der Waals surface area contributed by atoms with E-state index in [1.54, 1.807) is 0 Å². The second kappa shape index (κ2) is 6.08. The largest absolute Gasteiger partial charge is 0.351 e. The summed E-state index contributed by atoms with van der Waals surface area (Å²) in [6.45, 7) is 4.83. The molecule has 0 radical (unpaired) electrons. The van der Waals surface area contributed by atoms with Crippen LogP contribution in [0.5, 0.6) is 0 Å². The normalized spacial score (nSPS) is 17.4. The van der Waals surface area contributed by atoms with Crippen molar-refractivity contribution in [2.24, 2.45) is 5.41 Å². The van der Waals surface area contributed by atoms with Crippen LogP contribution in [0.3, 0.4) is 0 Å². The SMILES string of the molecule is Cc1ccc(C(=O)NCC2(CBr)CCCC2)c(C)c1. The van der Waals surface area contributed by atoms with Crippen LogP contribution >= 0.6 is 15.9 Å². The first-order chi connectivity index (χ1) is 9.06. The van der Waals surface area contributed by atoms with Crippen molar-refractivity contribution < 1.29 is 4.79 Å². The van der Waals surface area contributed by atoms with Gasteiger partial charge in [-0.1, -0.05) is 46.5 Å². The Labute approximate surface area is 124 Å². The van der Waals surface area contributed by atoms with Crippen LogP contribution < -0.4 is 5.32 Å². The zero-order valence-corrected chi connectivity index (χ0v) is 13.3. The predicted octanol–water partition coefficient (Wildman–Crippen LogP) is 3.99. The topological polar surface area (TPSA) is 29.1 Å². The molecule has 1 aliphatic rings. The maximum Gasteiger partial charge on any atom is 0.251 e. The summed E-state index contributed by atoms with van der Waals surface area (Å²) in [6, 6.07) is 5.98. The lowest BCUT2D eigenvalue weighted by Gasteiger charge is -2.26. The van der Waals surface area contributed by atoms with Crippen molar-refractivity contribution in [2.75, 3.05) is 11.9 Å². The molecule has 104 valence electrons. The Morgan fingerprint density at radius 1 is 1.32 bits per heavy atom. The smallest absolute Gasteiger partial charge is 0.251 e. The number of aryl methyl sites for hydroxylation is 2. The average Bonchev–Trinajstić information content (AvgIpc) is 2.85. The van der Waals surface area contributed by atoms with Gasteiger partial charge in [-0.25, -0.2) is 0 Å². The zero-order valence-electron chi connectivity index (χ0n) is 11.8. The molecule has 1 aromatic rings. The Kier molecular flexibility index (Phi) is 4.67. The summed E-state index contributed by atoms with van der Waals surface area (Å²) in [5.41, 5.74) is 3.32. The highest BCUT2D eigenvalue weighted by Gasteiger charge is 2.33. The second-order valence-electron chi connectivity index (χ2n) is 5.84. The van der Waals surface area contributed by atoms with Gasteiger partial charge in [0, 0.05) is 17.4 Å². The van der Waals surface area contributed by atoms with Crippen LogP contribution in [0.1, 0.15) is 47.2 Å². The minimum Gasteiger partial charge on any atom is -0.351 e. The Balaban J connectivity index is 2.01. The van der Waals surface area contributed by atoms with E-state index < -0.39 is 0 Å². The van der Waals surface area contributed by atoms with Gasteiger partial charge in [0.1, 0.15) is 0 Å². The number of nitrogens with one attached hydrogen (secondary N) is 1. The molecule has 0 bridgehead atoms. The van der Waals surface area contributed by atoms with E-state index in [0.29, 0.717) is 0 Å². The summed E-state index contributed by atoms with van der Waals surface area (Å²) in [6.07, 6.45) is 4.99. The molecular formula is C16H22BrNO. The van der Waals surface area contributed by atoms with E-state index in [0.717, 1.165) is 23.0 Å². The molecule has 1 aliphatic carbocycles. The third-order valence-electron chi connectivity index (χ3n) is 4.20. The standard InChI is InChI=1S/C16H22BrNO/c1-12-5-6-14(13(2)9-12)15(19)18-11-16(10-17)7-3-4-8-16/h5-6,9H,3-4,7-8,10-11H2,1-2H3,(H,18,19). The Morgan fingerprint density at radius 2 is 2.00 bits per heavy atom. The number of carbonyl (C=O) groups is 1. The molecule has 0 unspecified atom stereocenters. The van der Waals surface area contributed by atoms with Gasteiger partial charge < -0.3 is 5.32 Å². The first kappa shape index (κ1) is 14.6. The summed E-state index contributed by atoms with van der Waals surface area (Å²) in [5.74, 6) is 0.0599. The fourth-order valence-electron chi connectivity index (χ4n) is 2.91. The number of alkyl halides is 1. The third kappa shape index (κ3) is 3.38. The van der Waals surface area contributed by atoms with Crippen LogP contribution in [0.2, 0.25) is 0 Å². The van der Waals surface area contributed by atoms with Crippen LogP contribution in [0.25, 0.3) is 0 Å². The number of hydrogen-bond acceptors (Lipinski definition) is 1. The Hall–Kier alpha value is -0.830. The minimum atomic E-state index is 0.0599. The molecular weight excluding hydrogens is 302 g/mol. The van der Waals surface area contributed by atoms with Crippen LogP contribution in [-0.2, 0) is 0 Å². The minimum absolute atomic E-state index is 0.0599. The monoisotopic (exact) mass is 323 g/mol. The number of rotatable bonds is 4. The summed E-state index contributed by atoms with van der Waals surface area (Å²) in [4.78, 5) is 12.3. The van der Waals surface area contributed by atoms with E-state index in [4.69, 9.17) is 0 Å². The molecule has 19 heavy (non-hydrogen) atoms. The molecule has 1 fully saturated rings. The summed E-state index contributed by atoms with van der Waals surface area (Å²) in [7, 11) is 0. The van der Waals surface area contributed by atoms with Crippen molar-refractivity contribution >= 4 is 21.8 Å². The van der Waals surface area contributed by atoms with E-state index in [1.165, 1.54) is 31.2 Å². The molecule has 1 N–H and O–H groups in total. The van der Waals surface area contributed by atoms with Crippen LogP contribution in [-0.4, -0.2) is 17.8 Å². The highest BCUT2D eigenvalue weighted by Crippen LogP contribution is 2.39.